The molecule has 0 bridgehead atoms. The second-order valence-electron chi connectivity index (χ2n) is 5.08. The molecule has 0 aromatic carbocycles. The largest absolute Gasteiger partial charge is 0.313 e. The first kappa shape index (κ1) is 14.0. The van der Waals surface area contributed by atoms with E-state index < -0.39 is 0 Å². The molecule has 0 saturated heterocycles. The summed E-state index contributed by atoms with van der Waals surface area (Å²) in [7, 11) is 2.09. The van der Waals surface area contributed by atoms with Crippen LogP contribution in [0.25, 0.3) is 0 Å². The smallest absolute Gasteiger partial charge is 0.0758 e. The first-order valence-corrected chi connectivity index (χ1v) is 8.64. The van der Waals surface area contributed by atoms with Crippen LogP contribution >= 0.6 is 43.2 Å². The van der Waals surface area contributed by atoms with Crippen molar-refractivity contribution < 1.29 is 0 Å². The summed E-state index contributed by atoms with van der Waals surface area (Å²) in [5.41, 5.74) is 1.42. The van der Waals surface area contributed by atoms with Crippen molar-refractivity contribution in [3.63, 3.8) is 0 Å². The van der Waals surface area contributed by atoms with Gasteiger partial charge in [-0.15, -0.1) is 11.3 Å². The standard InChI is InChI=1S/C13H19Br2NS/c1-8-4-3-5-9(6-8)12(16-2)10-7-11(14)17-13(10)15/h7-9,12,16H,3-6H2,1-2H3. The Morgan fingerprint density at radius 1 is 1.41 bits per heavy atom. The maximum Gasteiger partial charge on any atom is 0.0758 e. The molecule has 4 heteroatoms. The Morgan fingerprint density at radius 2 is 2.18 bits per heavy atom. The number of hydrogen-bond donors (Lipinski definition) is 1. The molecule has 0 aliphatic heterocycles. The topological polar surface area (TPSA) is 12.0 Å². The molecule has 1 N–H and O–H groups in total. The molecule has 0 radical (unpaired) electrons. The Kier molecular flexibility index (Phi) is 5.10. The van der Waals surface area contributed by atoms with E-state index in [1.54, 1.807) is 11.3 Å². The summed E-state index contributed by atoms with van der Waals surface area (Å²) in [6.45, 7) is 2.39. The highest BCUT2D eigenvalue weighted by atomic mass is 79.9. The van der Waals surface area contributed by atoms with Crippen LogP contribution in [0.3, 0.4) is 0 Å². The van der Waals surface area contributed by atoms with Crippen molar-refractivity contribution >= 4 is 43.2 Å². The van der Waals surface area contributed by atoms with Crippen molar-refractivity contribution in [2.24, 2.45) is 11.8 Å². The predicted molar refractivity (Wildman–Crippen MR) is 82.6 cm³/mol. The van der Waals surface area contributed by atoms with E-state index in [1.165, 1.54) is 38.8 Å². The third-order valence-electron chi connectivity index (χ3n) is 3.78. The number of hydrogen-bond acceptors (Lipinski definition) is 2. The van der Waals surface area contributed by atoms with Crippen molar-refractivity contribution in [3.8, 4) is 0 Å². The van der Waals surface area contributed by atoms with Gasteiger partial charge in [-0.05, 0) is 75.2 Å². The summed E-state index contributed by atoms with van der Waals surface area (Å²) >= 11 is 9.04. The Morgan fingerprint density at radius 3 is 2.71 bits per heavy atom. The fraction of sp³-hybridized carbons (Fsp3) is 0.692. The first-order chi connectivity index (χ1) is 8.11. The summed E-state index contributed by atoms with van der Waals surface area (Å²) in [4.78, 5) is 0. The number of nitrogens with one attached hydrogen (secondary N) is 1. The van der Waals surface area contributed by atoms with E-state index in [-0.39, 0.29) is 0 Å². The third kappa shape index (κ3) is 3.34. The van der Waals surface area contributed by atoms with E-state index in [4.69, 9.17) is 0 Å². The van der Waals surface area contributed by atoms with E-state index in [1.807, 2.05) is 0 Å². The van der Waals surface area contributed by atoms with Crippen LogP contribution in [-0.2, 0) is 0 Å². The maximum absolute atomic E-state index is 3.69. The molecule has 1 aromatic rings. The lowest BCUT2D eigenvalue weighted by Crippen LogP contribution is -2.28. The highest BCUT2D eigenvalue weighted by Gasteiger charge is 2.28. The van der Waals surface area contributed by atoms with Gasteiger partial charge in [-0.1, -0.05) is 19.8 Å². The van der Waals surface area contributed by atoms with Gasteiger partial charge in [0.1, 0.15) is 0 Å². The monoisotopic (exact) mass is 379 g/mol. The molecular formula is C13H19Br2NS. The number of rotatable bonds is 3. The minimum atomic E-state index is 0.495. The summed E-state index contributed by atoms with van der Waals surface area (Å²) in [5.74, 6) is 1.66. The second kappa shape index (κ2) is 6.18. The molecule has 1 heterocycles. The minimum absolute atomic E-state index is 0.495. The molecule has 0 amide bonds. The fourth-order valence-electron chi connectivity index (χ4n) is 2.99. The van der Waals surface area contributed by atoms with Gasteiger partial charge in [-0.2, -0.15) is 0 Å². The molecular weight excluding hydrogens is 362 g/mol. The lowest BCUT2D eigenvalue weighted by molar-refractivity contribution is 0.230. The predicted octanol–water partition coefficient (Wildman–Crippen LogP) is 5.36. The van der Waals surface area contributed by atoms with Crippen molar-refractivity contribution in [1.82, 2.24) is 5.32 Å². The molecule has 1 fully saturated rings. The Balaban J connectivity index is 2.18. The third-order valence-corrected chi connectivity index (χ3v) is 6.16. The molecule has 96 valence electrons. The quantitative estimate of drug-likeness (QED) is 0.744. The molecule has 1 aromatic heterocycles. The molecule has 2 rings (SSSR count). The summed E-state index contributed by atoms with van der Waals surface area (Å²) in [6.07, 6.45) is 5.50. The highest BCUT2D eigenvalue weighted by Crippen LogP contribution is 2.42. The van der Waals surface area contributed by atoms with Crippen LogP contribution in [0.2, 0.25) is 0 Å². The van der Waals surface area contributed by atoms with E-state index in [0.717, 1.165) is 11.8 Å². The number of thiophene rings is 1. The molecule has 1 nitrogen and oxygen atoms in total. The van der Waals surface area contributed by atoms with Gasteiger partial charge in [0, 0.05) is 6.04 Å². The van der Waals surface area contributed by atoms with Gasteiger partial charge in [0.25, 0.3) is 0 Å². The van der Waals surface area contributed by atoms with Crippen LogP contribution in [0.5, 0.6) is 0 Å². The van der Waals surface area contributed by atoms with Crippen LogP contribution in [0.4, 0.5) is 0 Å². The Labute approximate surface area is 125 Å². The average molecular weight is 381 g/mol. The summed E-state index contributed by atoms with van der Waals surface area (Å²) in [5, 5.41) is 3.52. The van der Waals surface area contributed by atoms with E-state index >= 15 is 0 Å². The van der Waals surface area contributed by atoms with Gasteiger partial charge in [-0.3, -0.25) is 0 Å². The van der Waals surface area contributed by atoms with Crippen LogP contribution in [0.15, 0.2) is 13.6 Å². The van der Waals surface area contributed by atoms with Crippen LogP contribution in [0, 0.1) is 11.8 Å². The van der Waals surface area contributed by atoms with E-state index in [9.17, 15) is 0 Å². The Bertz CT molecular complexity index is 377. The normalized spacial score (nSPS) is 27.1. The zero-order valence-electron chi connectivity index (χ0n) is 10.3. The van der Waals surface area contributed by atoms with Gasteiger partial charge in [-0.25, -0.2) is 0 Å². The SMILES string of the molecule is CNC(c1cc(Br)sc1Br)C1CCCC(C)C1. The van der Waals surface area contributed by atoms with Crippen molar-refractivity contribution in [1.29, 1.82) is 0 Å². The van der Waals surface area contributed by atoms with Gasteiger partial charge in [0.2, 0.25) is 0 Å². The fourth-order valence-corrected chi connectivity index (χ4v) is 5.92. The molecule has 1 aliphatic carbocycles. The van der Waals surface area contributed by atoms with Crippen molar-refractivity contribution in [3.05, 3.63) is 19.2 Å². The van der Waals surface area contributed by atoms with Crippen molar-refractivity contribution in [2.75, 3.05) is 7.05 Å². The summed E-state index contributed by atoms with van der Waals surface area (Å²) in [6, 6.07) is 2.75. The molecule has 1 saturated carbocycles. The van der Waals surface area contributed by atoms with Gasteiger partial charge >= 0.3 is 0 Å². The average Bonchev–Trinajstić information content (AvgIpc) is 2.59. The molecule has 1 aliphatic rings. The van der Waals surface area contributed by atoms with Crippen LogP contribution < -0.4 is 5.32 Å². The van der Waals surface area contributed by atoms with E-state index in [2.05, 4.69) is 57.2 Å². The van der Waals surface area contributed by atoms with E-state index in [0.29, 0.717) is 6.04 Å². The molecule has 3 atom stereocenters. The molecule has 0 spiro atoms. The molecule has 3 unspecified atom stereocenters. The minimum Gasteiger partial charge on any atom is -0.313 e. The second-order valence-corrected chi connectivity index (χ2v) is 8.83. The van der Waals surface area contributed by atoms with Crippen LogP contribution in [0.1, 0.15) is 44.2 Å². The molecule has 17 heavy (non-hydrogen) atoms. The lowest BCUT2D eigenvalue weighted by Gasteiger charge is -2.33. The van der Waals surface area contributed by atoms with Gasteiger partial charge < -0.3 is 5.32 Å². The first-order valence-electron chi connectivity index (χ1n) is 6.23. The number of halogens is 2. The Hall–Kier alpha value is 0.620. The summed E-state index contributed by atoms with van der Waals surface area (Å²) < 4.78 is 2.48. The van der Waals surface area contributed by atoms with Crippen LogP contribution in [-0.4, -0.2) is 7.05 Å². The van der Waals surface area contributed by atoms with Gasteiger partial charge in [0.05, 0.1) is 7.57 Å². The zero-order valence-corrected chi connectivity index (χ0v) is 14.3. The van der Waals surface area contributed by atoms with Crippen molar-refractivity contribution in [2.45, 2.75) is 38.6 Å². The maximum atomic E-state index is 3.69. The zero-order chi connectivity index (χ0) is 12.4. The lowest BCUT2D eigenvalue weighted by atomic mass is 9.77. The van der Waals surface area contributed by atoms with Gasteiger partial charge in [0.15, 0.2) is 0 Å². The highest BCUT2D eigenvalue weighted by molar-refractivity contribution is 9.12.